The van der Waals surface area contributed by atoms with Gasteiger partial charge in [-0.3, -0.25) is 4.79 Å². The topological polar surface area (TPSA) is 76.1 Å². The van der Waals surface area contributed by atoms with Gasteiger partial charge in [-0.1, -0.05) is 23.8 Å². The van der Waals surface area contributed by atoms with E-state index in [0.717, 1.165) is 30.7 Å². The number of amides is 1. The standard InChI is InChI=1S/C22H28N4O2/c1-28-19-9-7-18(8-10-19)11-14-23-21(27)20-13-16-25-22(26-20)24-15-12-17-5-3-2-4-6-17/h5,7-10,13,16H,2-4,6,11-12,14-15H2,1H3,(H,23,27)(H,24,25,26). The third kappa shape index (κ3) is 6.08. The molecule has 28 heavy (non-hydrogen) atoms. The average Bonchev–Trinajstić information content (AvgIpc) is 2.75. The van der Waals surface area contributed by atoms with Gasteiger partial charge in [0.15, 0.2) is 0 Å². The minimum absolute atomic E-state index is 0.186. The number of carbonyl (C=O) groups excluding carboxylic acids is 1. The summed E-state index contributed by atoms with van der Waals surface area (Å²) in [5, 5.41) is 6.14. The van der Waals surface area contributed by atoms with Gasteiger partial charge in [-0.25, -0.2) is 9.97 Å². The number of hydrogen-bond acceptors (Lipinski definition) is 5. The van der Waals surface area contributed by atoms with Gasteiger partial charge in [-0.05, 0) is 62.3 Å². The number of hydrogen-bond donors (Lipinski definition) is 2. The first-order valence-corrected chi connectivity index (χ1v) is 9.90. The SMILES string of the molecule is COc1ccc(CCNC(=O)c2ccnc(NCCC3=CCCCC3)n2)cc1. The van der Waals surface area contributed by atoms with Crippen LogP contribution in [0.4, 0.5) is 5.95 Å². The molecule has 0 unspecified atom stereocenters. The van der Waals surface area contributed by atoms with E-state index in [4.69, 9.17) is 4.74 Å². The number of aromatic nitrogens is 2. The lowest BCUT2D eigenvalue weighted by molar-refractivity contribution is 0.0949. The number of nitrogens with one attached hydrogen (secondary N) is 2. The lowest BCUT2D eigenvalue weighted by atomic mass is 9.97. The summed E-state index contributed by atoms with van der Waals surface area (Å²) in [4.78, 5) is 20.9. The molecule has 1 aromatic carbocycles. The van der Waals surface area contributed by atoms with Crippen molar-refractivity contribution in [2.75, 3.05) is 25.5 Å². The molecule has 1 aliphatic rings. The van der Waals surface area contributed by atoms with E-state index in [9.17, 15) is 4.79 Å². The third-order valence-electron chi connectivity index (χ3n) is 4.86. The highest BCUT2D eigenvalue weighted by Gasteiger charge is 2.09. The number of rotatable bonds is 9. The first-order valence-electron chi connectivity index (χ1n) is 9.90. The van der Waals surface area contributed by atoms with Crippen molar-refractivity contribution in [3.63, 3.8) is 0 Å². The third-order valence-corrected chi connectivity index (χ3v) is 4.86. The minimum atomic E-state index is -0.186. The predicted octanol–water partition coefficient (Wildman–Crippen LogP) is 3.76. The zero-order chi connectivity index (χ0) is 19.6. The molecule has 0 bridgehead atoms. The molecule has 2 N–H and O–H groups in total. The molecule has 0 aliphatic heterocycles. The minimum Gasteiger partial charge on any atom is -0.497 e. The van der Waals surface area contributed by atoms with E-state index in [1.807, 2.05) is 24.3 Å². The predicted molar refractivity (Wildman–Crippen MR) is 111 cm³/mol. The first kappa shape index (κ1) is 19.9. The van der Waals surface area contributed by atoms with Crippen LogP contribution in [0.25, 0.3) is 0 Å². The van der Waals surface area contributed by atoms with Crippen LogP contribution in [-0.2, 0) is 6.42 Å². The van der Waals surface area contributed by atoms with Gasteiger partial charge >= 0.3 is 0 Å². The largest absolute Gasteiger partial charge is 0.497 e. The highest BCUT2D eigenvalue weighted by molar-refractivity contribution is 5.92. The summed E-state index contributed by atoms with van der Waals surface area (Å²) in [5.74, 6) is 1.14. The highest BCUT2D eigenvalue weighted by atomic mass is 16.5. The summed E-state index contributed by atoms with van der Waals surface area (Å²) in [6, 6.07) is 9.47. The van der Waals surface area contributed by atoms with E-state index < -0.39 is 0 Å². The monoisotopic (exact) mass is 380 g/mol. The average molecular weight is 380 g/mol. The summed E-state index contributed by atoms with van der Waals surface area (Å²) in [7, 11) is 1.65. The number of allylic oxidation sites excluding steroid dienone is 1. The van der Waals surface area contributed by atoms with Crippen molar-refractivity contribution in [3.8, 4) is 5.75 Å². The zero-order valence-corrected chi connectivity index (χ0v) is 16.4. The van der Waals surface area contributed by atoms with Crippen molar-refractivity contribution < 1.29 is 9.53 Å². The molecule has 0 saturated carbocycles. The lowest BCUT2D eigenvalue weighted by Gasteiger charge is -2.13. The Morgan fingerprint density at radius 2 is 1.96 bits per heavy atom. The fourth-order valence-electron chi connectivity index (χ4n) is 3.24. The van der Waals surface area contributed by atoms with Gasteiger partial charge in [0, 0.05) is 19.3 Å². The molecular formula is C22H28N4O2. The van der Waals surface area contributed by atoms with Gasteiger partial charge in [-0.15, -0.1) is 0 Å². The van der Waals surface area contributed by atoms with Crippen LogP contribution in [-0.4, -0.2) is 36.1 Å². The van der Waals surface area contributed by atoms with E-state index in [2.05, 4.69) is 26.7 Å². The second-order valence-electron chi connectivity index (χ2n) is 6.90. The van der Waals surface area contributed by atoms with Gasteiger partial charge in [0.25, 0.3) is 5.91 Å². The molecule has 1 amide bonds. The lowest BCUT2D eigenvalue weighted by Crippen LogP contribution is -2.27. The molecule has 6 heteroatoms. The highest BCUT2D eigenvalue weighted by Crippen LogP contribution is 2.19. The van der Waals surface area contributed by atoms with E-state index in [0.29, 0.717) is 18.2 Å². The van der Waals surface area contributed by atoms with Crippen LogP contribution in [0, 0.1) is 0 Å². The fraction of sp³-hybridized carbons (Fsp3) is 0.409. The van der Waals surface area contributed by atoms with Crippen molar-refractivity contribution in [1.29, 1.82) is 0 Å². The molecule has 2 aromatic rings. The number of ether oxygens (including phenoxy) is 1. The molecule has 0 spiro atoms. The number of carbonyl (C=O) groups is 1. The van der Waals surface area contributed by atoms with Crippen LogP contribution >= 0.6 is 0 Å². The van der Waals surface area contributed by atoms with Crippen LogP contribution in [0.3, 0.4) is 0 Å². The van der Waals surface area contributed by atoms with Crippen LogP contribution in [0.1, 0.15) is 48.2 Å². The molecule has 1 heterocycles. The van der Waals surface area contributed by atoms with Crippen molar-refractivity contribution in [2.45, 2.75) is 38.5 Å². The van der Waals surface area contributed by atoms with Gasteiger partial charge in [0.05, 0.1) is 7.11 Å². The summed E-state index contributed by atoms with van der Waals surface area (Å²) in [6.45, 7) is 1.33. The van der Waals surface area contributed by atoms with Crippen LogP contribution in [0.15, 0.2) is 48.2 Å². The Hall–Kier alpha value is -2.89. The van der Waals surface area contributed by atoms with E-state index in [-0.39, 0.29) is 5.91 Å². The molecule has 0 fully saturated rings. The smallest absolute Gasteiger partial charge is 0.270 e. The Balaban J connectivity index is 1.44. The van der Waals surface area contributed by atoms with E-state index in [1.54, 1.807) is 19.4 Å². The Morgan fingerprint density at radius 3 is 2.71 bits per heavy atom. The molecular weight excluding hydrogens is 352 g/mol. The number of methoxy groups -OCH3 is 1. The Labute approximate surface area is 166 Å². The van der Waals surface area contributed by atoms with Gasteiger partial charge in [0.2, 0.25) is 5.95 Å². The summed E-state index contributed by atoms with van der Waals surface area (Å²) < 4.78 is 5.15. The maximum absolute atomic E-state index is 12.4. The quantitative estimate of drug-likeness (QED) is 0.648. The maximum Gasteiger partial charge on any atom is 0.270 e. The van der Waals surface area contributed by atoms with Crippen molar-refractivity contribution in [3.05, 3.63) is 59.4 Å². The second kappa shape index (κ2) is 10.4. The normalized spacial score (nSPS) is 13.5. The van der Waals surface area contributed by atoms with Crippen LogP contribution < -0.4 is 15.4 Å². The second-order valence-corrected chi connectivity index (χ2v) is 6.90. The van der Waals surface area contributed by atoms with Crippen LogP contribution in [0.2, 0.25) is 0 Å². The maximum atomic E-state index is 12.4. The molecule has 0 radical (unpaired) electrons. The Morgan fingerprint density at radius 1 is 1.11 bits per heavy atom. The van der Waals surface area contributed by atoms with Crippen molar-refractivity contribution in [2.24, 2.45) is 0 Å². The van der Waals surface area contributed by atoms with Gasteiger partial charge in [-0.2, -0.15) is 0 Å². The van der Waals surface area contributed by atoms with E-state index >= 15 is 0 Å². The summed E-state index contributed by atoms with van der Waals surface area (Å²) >= 11 is 0. The van der Waals surface area contributed by atoms with Crippen LogP contribution in [0.5, 0.6) is 5.75 Å². The van der Waals surface area contributed by atoms with Crippen molar-refractivity contribution in [1.82, 2.24) is 15.3 Å². The molecule has 1 aliphatic carbocycles. The zero-order valence-electron chi connectivity index (χ0n) is 16.4. The molecule has 6 nitrogen and oxygen atoms in total. The van der Waals surface area contributed by atoms with Gasteiger partial charge in [0.1, 0.15) is 11.4 Å². The Kier molecular flexibility index (Phi) is 7.41. The van der Waals surface area contributed by atoms with Gasteiger partial charge < -0.3 is 15.4 Å². The summed E-state index contributed by atoms with van der Waals surface area (Å²) in [6.07, 6.45) is 10.7. The molecule has 1 aromatic heterocycles. The molecule has 0 saturated heterocycles. The molecule has 148 valence electrons. The van der Waals surface area contributed by atoms with E-state index in [1.165, 1.54) is 31.3 Å². The molecule has 3 rings (SSSR count). The molecule has 0 atom stereocenters. The number of benzene rings is 1. The summed E-state index contributed by atoms with van der Waals surface area (Å²) in [5.41, 5.74) is 3.03. The van der Waals surface area contributed by atoms with Crippen molar-refractivity contribution >= 4 is 11.9 Å². The number of nitrogens with zero attached hydrogens (tertiary/aromatic N) is 2. The fourth-order valence-corrected chi connectivity index (χ4v) is 3.24. The first-order chi connectivity index (χ1) is 13.7. The number of anilines is 1. The Bertz CT molecular complexity index is 802.